The van der Waals surface area contributed by atoms with Crippen molar-refractivity contribution in [1.29, 1.82) is 0 Å². The van der Waals surface area contributed by atoms with Gasteiger partial charge in [-0.15, -0.1) is 0 Å². The number of hydrogen-bond donors (Lipinski definition) is 2. The quantitative estimate of drug-likeness (QED) is 0.534. The molecule has 1 rings (SSSR count). The molecule has 0 bridgehead atoms. The molecule has 82 valence electrons. The molecule has 4 nitrogen and oxygen atoms in total. The molecule has 0 amide bonds. The standard InChI is InChI=1S/C8H9BF2O4/c1-14-4-15-8-3-7(11)6(10)2-5(8)9(12)13/h2-3,12-13H,4H2,1H3. The van der Waals surface area contributed by atoms with Crippen LogP contribution >= 0.6 is 0 Å². The van der Waals surface area contributed by atoms with Crippen LogP contribution in [-0.2, 0) is 4.74 Å². The van der Waals surface area contributed by atoms with E-state index in [0.29, 0.717) is 6.07 Å². The molecule has 0 unspecified atom stereocenters. The monoisotopic (exact) mass is 218 g/mol. The van der Waals surface area contributed by atoms with Crippen molar-refractivity contribution in [3.63, 3.8) is 0 Å². The maximum absolute atomic E-state index is 12.8. The van der Waals surface area contributed by atoms with E-state index in [-0.39, 0.29) is 18.0 Å². The molecule has 0 spiro atoms. The van der Waals surface area contributed by atoms with Gasteiger partial charge in [0.05, 0.1) is 0 Å². The van der Waals surface area contributed by atoms with E-state index >= 15 is 0 Å². The maximum Gasteiger partial charge on any atom is 0.492 e. The summed E-state index contributed by atoms with van der Waals surface area (Å²) in [6, 6.07) is 1.38. The van der Waals surface area contributed by atoms with Gasteiger partial charge in [-0.1, -0.05) is 0 Å². The van der Waals surface area contributed by atoms with Crippen LogP contribution in [0.25, 0.3) is 0 Å². The minimum absolute atomic E-state index is 0.175. The van der Waals surface area contributed by atoms with Crippen molar-refractivity contribution in [1.82, 2.24) is 0 Å². The fraction of sp³-hybridized carbons (Fsp3) is 0.250. The van der Waals surface area contributed by atoms with Crippen LogP contribution in [0.3, 0.4) is 0 Å². The first-order chi connectivity index (χ1) is 7.06. The van der Waals surface area contributed by atoms with E-state index in [2.05, 4.69) is 4.74 Å². The number of ether oxygens (including phenoxy) is 2. The number of rotatable bonds is 4. The van der Waals surface area contributed by atoms with Gasteiger partial charge in [0.25, 0.3) is 0 Å². The van der Waals surface area contributed by atoms with Crippen LogP contribution in [0, 0.1) is 11.6 Å². The van der Waals surface area contributed by atoms with Crippen LogP contribution in [0.1, 0.15) is 0 Å². The van der Waals surface area contributed by atoms with Gasteiger partial charge >= 0.3 is 7.12 Å². The summed E-state index contributed by atoms with van der Waals surface area (Å²) in [4.78, 5) is 0. The Bertz CT molecular complexity index is 346. The minimum Gasteiger partial charge on any atom is -0.468 e. The smallest absolute Gasteiger partial charge is 0.468 e. The fourth-order valence-electron chi connectivity index (χ4n) is 0.993. The number of benzene rings is 1. The molecule has 1 aromatic carbocycles. The van der Waals surface area contributed by atoms with Gasteiger partial charge in [0, 0.05) is 18.6 Å². The first-order valence-corrected chi connectivity index (χ1v) is 4.03. The lowest BCUT2D eigenvalue weighted by atomic mass is 9.79. The molecule has 0 aliphatic heterocycles. The summed E-state index contributed by atoms with van der Waals surface area (Å²) in [5.41, 5.74) is -0.258. The highest BCUT2D eigenvalue weighted by Crippen LogP contribution is 2.13. The first-order valence-electron chi connectivity index (χ1n) is 4.03. The van der Waals surface area contributed by atoms with Crippen molar-refractivity contribution >= 4 is 12.6 Å². The number of hydrogen-bond acceptors (Lipinski definition) is 4. The fourth-order valence-corrected chi connectivity index (χ4v) is 0.993. The summed E-state index contributed by atoms with van der Waals surface area (Å²) in [5, 5.41) is 17.7. The van der Waals surface area contributed by atoms with Gasteiger partial charge < -0.3 is 19.5 Å². The SMILES string of the molecule is COCOc1cc(F)c(F)cc1B(O)O. The first kappa shape index (κ1) is 11.9. The van der Waals surface area contributed by atoms with E-state index in [0.717, 1.165) is 6.07 Å². The lowest BCUT2D eigenvalue weighted by Gasteiger charge is -2.10. The van der Waals surface area contributed by atoms with Gasteiger partial charge in [-0.25, -0.2) is 8.78 Å². The molecule has 0 saturated heterocycles. The Morgan fingerprint density at radius 1 is 1.27 bits per heavy atom. The summed E-state index contributed by atoms with van der Waals surface area (Å²) >= 11 is 0. The van der Waals surface area contributed by atoms with Gasteiger partial charge in [-0.2, -0.15) is 0 Å². The Morgan fingerprint density at radius 2 is 1.87 bits per heavy atom. The van der Waals surface area contributed by atoms with Crippen LogP contribution in [0.5, 0.6) is 5.75 Å². The van der Waals surface area contributed by atoms with E-state index < -0.39 is 18.8 Å². The topological polar surface area (TPSA) is 58.9 Å². The molecular formula is C8H9BF2O4. The third-order valence-corrected chi connectivity index (χ3v) is 1.66. The van der Waals surface area contributed by atoms with Gasteiger partial charge in [0.15, 0.2) is 18.4 Å². The van der Waals surface area contributed by atoms with Crippen LogP contribution < -0.4 is 10.2 Å². The number of halogens is 2. The Hall–Kier alpha value is -1.18. The molecule has 0 heterocycles. The zero-order valence-corrected chi connectivity index (χ0v) is 7.91. The highest BCUT2D eigenvalue weighted by atomic mass is 19.2. The molecule has 2 N–H and O–H groups in total. The maximum atomic E-state index is 12.8. The van der Waals surface area contributed by atoms with Crippen molar-refractivity contribution in [3.05, 3.63) is 23.8 Å². The van der Waals surface area contributed by atoms with Crippen LogP contribution in [0.2, 0.25) is 0 Å². The zero-order chi connectivity index (χ0) is 11.4. The van der Waals surface area contributed by atoms with Gasteiger partial charge in [-0.3, -0.25) is 0 Å². The molecule has 0 saturated carbocycles. The minimum atomic E-state index is -1.94. The highest BCUT2D eigenvalue weighted by molar-refractivity contribution is 6.59. The molecule has 0 aliphatic carbocycles. The second-order valence-electron chi connectivity index (χ2n) is 2.73. The predicted molar refractivity (Wildman–Crippen MR) is 48.7 cm³/mol. The Labute approximate surface area is 85.2 Å². The molecule has 15 heavy (non-hydrogen) atoms. The molecule has 0 aliphatic rings. The highest BCUT2D eigenvalue weighted by Gasteiger charge is 2.20. The average Bonchev–Trinajstić information content (AvgIpc) is 2.19. The lowest BCUT2D eigenvalue weighted by molar-refractivity contribution is 0.0514. The largest absolute Gasteiger partial charge is 0.492 e. The molecule has 0 atom stereocenters. The second-order valence-corrected chi connectivity index (χ2v) is 2.73. The van der Waals surface area contributed by atoms with Crippen molar-refractivity contribution in [2.45, 2.75) is 0 Å². The van der Waals surface area contributed by atoms with Gasteiger partial charge in [0.2, 0.25) is 0 Å². The third-order valence-electron chi connectivity index (χ3n) is 1.66. The summed E-state index contributed by atoms with van der Waals surface area (Å²) in [6.07, 6.45) is 0. The van der Waals surface area contributed by atoms with Gasteiger partial charge in [0.1, 0.15) is 5.75 Å². The second kappa shape index (κ2) is 5.06. The molecule has 0 fully saturated rings. The van der Waals surface area contributed by atoms with E-state index in [4.69, 9.17) is 14.8 Å². The van der Waals surface area contributed by atoms with Gasteiger partial charge in [-0.05, 0) is 6.07 Å². The Balaban J connectivity index is 3.04. The van der Waals surface area contributed by atoms with Crippen LogP contribution in [-0.4, -0.2) is 31.1 Å². The normalized spacial score (nSPS) is 10.2. The van der Waals surface area contributed by atoms with E-state index in [1.807, 2.05) is 0 Å². The Morgan fingerprint density at radius 3 is 2.40 bits per heavy atom. The van der Waals surface area contributed by atoms with Crippen molar-refractivity contribution in [2.24, 2.45) is 0 Å². The summed E-state index contributed by atoms with van der Waals surface area (Å²) in [5.74, 6) is -2.49. The van der Waals surface area contributed by atoms with Crippen LogP contribution in [0.4, 0.5) is 8.78 Å². The summed E-state index contributed by atoms with van der Waals surface area (Å²) < 4.78 is 34.9. The average molecular weight is 218 g/mol. The number of methoxy groups -OCH3 is 1. The van der Waals surface area contributed by atoms with E-state index in [1.54, 1.807) is 0 Å². The Kier molecular flexibility index (Phi) is 4.01. The molecule has 0 aromatic heterocycles. The molecule has 1 aromatic rings. The molecule has 0 radical (unpaired) electrons. The van der Waals surface area contributed by atoms with E-state index in [9.17, 15) is 8.78 Å². The van der Waals surface area contributed by atoms with Crippen molar-refractivity contribution in [3.8, 4) is 5.75 Å². The summed E-state index contributed by atoms with van der Waals surface area (Å²) in [6.45, 7) is -0.204. The zero-order valence-electron chi connectivity index (χ0n) is 7.91. The van der Waals surface area contributed by atoms with Crippen molar-refractivity contribution in [2.75, 3.05) is 13.9 Å². The summed E-state index contributed by atoms with van der Waals surface area (Å²) in [7, 11) is -0.596. The predicted octanol–water partition coefficient (Wildman–Crippen LogP) is -0.373. The van der Waals surface area contributed by atoms with Crippen molar-refractivity contribution < 1.29 is 28.3 Å². The van der Waals surface area contributed by atoms with E-state index in [1.165, 1.54) is 7.11 Å². The lowest BCUT2D eigenvalue weighted by Crippen LogP contribution is -2.32. The van der Waals surface area contributed by atoms with Crippen LogP contribution in [0.15, 0.2) is 12.1 Å². The third kappa shape index (κ3) is 2.88. The molecular weight excluding hydrogens is 209 g/mol. The molecule has 7 heteroatoms.